The Morgan fingerprint density at radius 2 is 1.11 bits per heavy atom. The van der Waals surface area contributed by atoms with Gasteiger partial charge in [-0.05, 0) is 116 Å². The Kier molecular flexibility index (Phi) is 6.66. The topological polar surface area (TPSA) is 25.8 Å². The molecule has 2 aromatic heterocycles. The average Bonchev–Trinajstić information content (AvgIpc) is 3.40. The van der Waals surface area contributed by atoms with Gasteiger partial charge in [0.05, 0.1) is 0 Å². The van der Waals surface area contributed by atoms with Gasteiger partial charge in [0, 0.05) is 35.9 Å². The molecule has 4 aromatic carbocycles. The summed E-state index contributed by atoms with van der Waals surface area (Å²) in [5, 5.41) is 0. The smallest absolute Gasteiger partial charge is 0.0346 e. The molecular formula is C42H30N2. The number of fused-ring (bicyclic) bond motifs is 4. The minimum Gasteiger partial charge on any atom is -0.264 e. The zero-order valence-corrected chi connectivity index (χ0v) is 24.3. The fraction of sp³-hybridized carbons (Fsp3) is 0.0476. The largest absolute Gasteiger partial charge is 0.264 e. The van der Waals surface area contributed by atoms with Crippen LogP contribution >= 0.6 is 0 Å². The van der Waals surface area contributed by atoms with Gasteiger partial charge < -0.3 is 0 Å². The van der Waals surface area contributed by atoms with Crippen molar-refractivity contribution < 1.29 is 0 Å². The molecule has 2 aliphatic carbocycles. The van der Waals surface area contributed by atoms with Crippen molar-refractivity contribution in [2.75, 3.05) is 0 Å². The van der Waals surface area contributed by atoms with Crippen LogP contribution in [-0.4, -0.2) is 9.97 Å². The lowest BCUT2D eigenvalue weighted by Gasteiger charge is -2.17. The van der Waals surface area contributed by atoms with Crippen LogP contribution in [0, 0.1) is 0 Å². The summed E-state index contributed by atoms with van der Waals surface area (Å²) in [4.78, 5) is 8.82. The van der Waals surface area contributed by atoms with Crippen LogP contribution in [0.15, 0.2) is 164 Å². The average molecular weight is 563 g/mol. The lowest BCUT2D eigenvalue weighted by atomic mass is 9.86. The highest BCUT2D eigenvalue weighted by atomic mass is 14.6. The molecule has 2 heterocycles. The van der Waals surface area contributed by atoms with Gasteiger partial charge >= 0.3 is 0 Å². The lowest BCUT2D eigenvalue weighted by Crippen LogP contribution is -1.93. The van der Waals surface area contributed by atoms with Crippen LogP contribution < -0.4 is 0 Å². The first kappa shape index (κ1) is 26.1. The van der Waals surface area contributed by atoms with Crippen molar-refractivity contribution in [1.29, 1.82) is 0 Å². The molecule has 0 spiro atoms. The van der Waals surface area contributed by atoms with Crippen LogP contribution in [0.3, 0.4) is 0 Å². The molecular weight excluding hydrogens is 532 g/mol. The zero-order valence-electron chi connectivity index (χ0n) is 24.3. The zero-order chi connectivity index (χ0) is 29.3. The van der Waals surface area contributed by atoms with Gasteiger partial charge in [-0.2, -0.15) is 0 Å². The first-order valence-corrected chi connectivity index (χ1v) is 15.2. The van der Waals surface area contributed by atoms with Gasteiger partial charge in [0.25, 0.3) is 0 Å². The van der Waals surface area contributed by atoms with Gasteiger partial charge in [-0.25, -0.2) is 0 Å². The quantitative estimate of drug-likeness (QED) is 0.214. The molecule has 208 valence electrons. The second kappa shape index (κ2) is 11.2. The van der Waals surface area contributed by atoms with E-state index in [9.17, 15) is 0 Å². The van der Waals surface area contributed by atoms with Crippen LogP contribution in [0.2, 0.25) is 0 Å². The predicted molar refractivity (Wildman–Crippen MR) is 183 cm³/mol. The van der Waals surface area contributed by atoms with Gasteiger partial charge in [-0.3, -0.25) is 9.97 Å². The van der Waals surface area contributed by atoms with Gasteiger partial charge in [-0.15, -0.1) is 0 Å². The van der Waals surface area contributed by atoms with Crippen molar-refractivity contribution in [3.63, 3.8) is 0 Å². The molecule has 0 amide bonds. The van der Waals surface area contributed by atoms with Crippen molar-refractivity contribution in [2.45, 2.75) is 12.8 Å². The Bertz CT molecular complexity index is 2040. The van der Waals surface area contributed by atoms with Crippen molar-refractivity contribution in [3.05, 3.63) is 175 Å². The molecule has 0 atom stereocenters. The molecule has 0 aliphatic heterocycles. The molecule has 0 radical (unpaired) electrons. The van der Waals surface area contributed by atoms with E-state index in [0.29, 0.717) is 0 Å². The van der Waals surface area contributed by atoms with Gasteiger partial charge in [0.15, 0.2) is 0 Å². The predicted octanol–water partition coefficient (Wildman–Crippen LogP) is 10.6. The Hall–Kier alpha value is -5.60. The molecule has 6 aromatic rings. The summed E-state index contributed by atoms with van der Waals surface area (Å²) in [6.45, 7) is 0. The monoisotopic (exact) mass is 562 g/mol. The molecule has 0 unspecified atom stereocenters. The number of allylic oxidation sites excluding steroid dienone is 6. The van der Waals surface area contributed by atoms with Crippen molar-refractivity contribution in [2.24, 2.45) is 0 Å². The van der Waals surface area contributed by atoms with Gasteiger partial charge in [0.1, 0.15) is 0 Å². The maximum atomic E-state index is 4.41. The highest BCUT2D eigenvalue weighted by molar-refractivity contribution is 5.93. The molecule has 2 nitrogen and oxygen atoms in total. The van der Waals surface area contributed by atoms with E-state index in [0.717, 1.165) is 35.1 Å². The van der Waals surface area contributed by atoms with Gasteiger partial charge in [-0.1, -0.05) is 97.1 Å². The van der Waals surface area contributed by atoms with Crippen LogP contribution in [0.5, 0.6) is 0 Å². The van der Waals surface area contributed by atoms with Gasteiger partial charge in [0.2, 0.25) is 0 Å². The van der Waals surface area contributed by atoms with Crippen LogP contribution in [0.1, 0.15) is 17.5 Å². The summed E-state index contributed by atoms with van der Waals surface area (Å²) in [7, 11) is 0. The van der Waals surface area contributed by atoms with Crippen LogP contribution in [0.25, 0.3) is 61.2 Å². The summed E-state index contributed by atoms with van der Waals surface area (Å²) in [5.74, 6) is 0. The molecule has 44 heavy (non-hydrogen) atoms. The maximum absolute atomic E-state index is 4.41. The van der Waals surface area contributed by atoms with E-state index >= 15 is 0 Å². The van der Waals surface area contributed by atoms with E-state index in [4.69, 9.17) is 0 Å². The highest BCUT2D eigenvalue weighted by Crippen LogP contribution is 2.44. The summed E-state index contributed by atoms with van der Waals surface area (Å²) in [5.41, 5.74) is 17.4. The fourth-order valence-electron chi connectivity index (χ4n) is 6.63. The van der Waals surface area contributed by atoms with Crippen LogP contribution in [0.4, 0.5) is 0 Å². The first-order valence-electron chi connectivity index (χ1n) is 15.2. The number of aromatic nitrogens is 2. The maximum Gasteiger partial charge on any atom is 0.0346 e. The molecule has 0 N–H and O–H groups in total. The second-order valence-corrected chi connectivity index (χ2v) is 11.4. The Balaban J connectivity index is 1.32. The number of hydrogen-bond donors (Lipinski definition) is 0. The normalized spacial score (nSPS) is 13.5. The molecule has 0 fully saturated rings. The third kappa shape index (κ3) is 4.81. The third-order valence-electron chi connectivity index (χ3n) is 8.76. The van der Waals surface area contributed by atoms with Crippen molar-refractivity contribution in [1.82, 2.24) is 9.97 Å². The van der Waals surface area contributed by atoms with E-state index in [1.54, 1.807) is 0 Å². The Morgan fingerprint density at radius 3 is 1.82 bits per heavy atom. The summed E-state index contributed by atoms with van der Waals surface area (Å²) < 4.78 is 0. The summed E-state index contributed by atoms with van der Waals surface area (Å²) >= 11 is 0. The molecule has 2 heteroatoms. The third-order valence-corrected chi connectivity index (χ3v) is 8.76. The number of hydrogen-bond acceptors (Lipinski definition) is 2. The molecule has 0 saturated heterocycles. The first-order chi connectivity index (χ1) is 21.8. The van der Waals surface area contributed by atoms with Crippen molar-refractivity contribution in [3.8, 4) is 55.6 Å². The van der Waals surface area contributed by atoms with E-state index in [2.05, 4.69) is 131 Å². The standard InChI is InChI=1S/C42H30N2/c1-2-10-30-22-29-11-4-5-16-38(29)41-19-18-31(26-42(41)39(30)14-3-1)37-15-6-7-17-40(37)36-24-34(32-12-8-20-43-27-32)23-35(25-36)33-13-9-21-44-28-33/h1-13,15-21,23-28H,14,22H2. The number of pyridine rings is 2. The van der Waals surface area contributed by atoms with E-state index in [1.165, 1.54) is 55.7 Å². The molecule has 0 bridgehead atoms. The second-order valence-electron chi connectivity index (χ2n) is 11.4. The summed E-state index contributed by atoms with van der Waals surface area (Å²) in [6, 6.07) is 39.8. The minimum atomic E-state index is 0.927. The lowest BCUT2D eigenvalue weighted by molar-refractivity contribution is 1.20. The number of nitrogens with zero attached hydrogens (tertiary/aromatic N) is 2. The summed E-state index contributed by atoms with van der Waals surface area (Å²) in [6.07, 6.45) is 18.3. The minimum absolute atomic E-state index is 0.927. The Morgan fingerprint density at radius 1 is 0.455 bits per heavy atom. The van der Waals surface area contributed by atoms with Crippen LogP contribution in [-0.2, 0) is 6.42 Å². The van der Waals surface area contributed by atoms with E-state index in [1.807, 2.05) is 36.9 Å². The molecule has 2 aliphatic rings. The number of rotatable bonds is 4. The Labute approximate surface area is 258 Å². The van der Waals surface area contributed by atoms with E-state index < -0.39 is 0 Å². The molecule has 0 saturated carbocycles. The fourth-order valence-corrected chi connectivity index (χ4v) is 6.63. The SMILES string of the molecule is C1=CCC2=C(C=C1)Cc1ccccc1-c1ccc(-c3ccccc3-c3cc(-c4cccnc4)cc(-c4cccnc4)c3)cc12. The van der Waals surface area contributed by atoms with Crippen molar-refractivity contribution >= 4 is 5.57 Å². The highest BCUT2D eigenvalue weighted by Gasteiger charge is 2.21. The number of benzene rings is 4. The molecule has 8 rings (SSSR count). The van der Waals surface area contributed by atoms with E-state index in [-0.39, 0.29) is 0 Å².